The molecule has 0 bridgehead atoms. The number of benzene rings is 3. The highest BCUT2D eigenvalue weighted by Gasteiger charge is 2.26. The van der Waals surface area contributed by atoms with Crippen LogP contribution >= 0.6 is 11.5 Å². The van der Waals surface area contributed by atoms with Gasteiger partial charge in [-0.1, -0.05) is 36.4 Å². The molecule has 0 saturated carbocycles. The van der Waals surface area contributed by atoms with Gasteiger partial charge in [0.05, 0.1) is 28.5 Å². The Morgan fingerprint density at radius 1 is 0.786 bits per heavy atom. The molecule has 1 saturated heterocycles. The van der Waals surface area contributed by atoms with E-state index in [9.17, 15) is 14.4 Å². The van der Waals surface area contributed by atoms with Crippen molar-refractivity contribution < 1.29 is 14.4 Å². The van der Waals surface area contributed by atoms with Crippen molar-refractivity contribution in [1.29, 1.82) is 0 Å². The van der Waals surface area contributed by atoms with Gasteiger partial charge in [-0.25, -0.2) is 4.98 Å². The van der Waals surface area contributed by atoms with Crippen LogP contribution in [0.4, 0.5) is 16.5 Å². The maximum Gasteiger partial charge on any atom is 0.260 e. The Kier molecular flexibility index (Phi) is 7.56. The molecule has 2 N–H and O–H groups in total. The first-order valence-corrected chi connectivity index (χ1v) is 14.2. The van der Waals surface area contributed by atoms with Crippen LogP contribution in [0.5, 0.6) is 0 Å². The van der Waals surface area contributed by atoms with Crippen molar-refractivity contribution in [2.75, 3.05) is 36.8 Å². The maximum atomic E-state index is 13.4. The van der Waals surface area contributed by atoms with Crippen LogP contribution < -0.4 is 10.6 Å². The summed E-state index contributed by atoms with van der Waals surface area (Å²) in [5.41, 5.74) is 4.07. The second-order valence-corrected chi connectivity index (χ2v) is 10.6. The van der Waals surface area contributed by atoms with Gasteiger partial charge in [0.15, 0.2) is 0 Å². The smallest absolute Gasteiger partial charge is 0.260 e. The van der Waals surface area contributed by atoms with Gasteiger partial charge in [0.2, 0.25) is 0 Å². The first-order chi connectivity index (χ1) is 20.5. The fourth-order valence-corrected chi connectivity index (χ4v) is 5.64. The Hall–Kier alpha value is -5.16. The second kappa shape index (κ2) is 11.8. The van der Waals surface area contributed by atoms with Crippen LogP contribution in [0.3, 0.4) is 0 Å². The zero-order valence-corrected chi connectivity index (χ0v) is 23.6. The molecule has 42 heavy (non-hydrogen) atoms. The second-order valence-electron chi connectivity index (χ2n) is 9.83. The number of carbonyl (C=O) groups excluding carboxylic acids is 3. The molecule has 3 aromatic carbocycles. The predicted molar refractivity (Wildman–Crippen MR) is 162 cm³/mol. The molecule has 0 spiro atoms. The molecule has 6 rings (SSSR count). The fraction of sp³-hybridized carbons (Fsp3) is 0.161. The summed E-state index contributed by atoms with van der Waals surface area (Å²) in [7, 11) is 0. The topological polar surface area (TPSA) is 120 Å². The van der Waals surface area contributed by atoms with Gasteiger partial charge in [0.25, 0.3) is 17.7 Å². The molecule has 1 fully saturated rings. The Bertz CT molecular complexity index is 1780. The van der Waals surface area contributed by atoms with Crippen molar-refractivity contribution >= 4 is 56.8 Å². The normalized spacial score (nSPS) is 13.2. The summed E-state index contributed by atoms with van der Waals surface area (Å²) < 4.78 is 4.36. The number of aromatic nitrogens is 3. The Morgan fingerprint density at radius 3 is 2.17 bits per heavy atom. The van der Waals surface area contributed by atoms with E-state index in [0.29, 0.717) is 65.1 Å². The van der Waals surface area contributed by atoms with Crippen LogP contribution in [-0.4, -0.2) is 68.0 Å². The number of anilines is 3. The Labute approximate surface area is 246 Å². The van der Waals surface area contributed by atoms with E-state index in [-0.39, 0.29) is 17.7 Å². The number of fused-ring (bicyclic) bond motifs is 1. The summed E-state index contributed by atoms with van der Waals surface area (Å²) in [5, 5.41) is 6.63. The summed E-state index contributed by atoms with van der Waals surface area (Å²) >= 11 is 1.16. The van der Waals surface area contributed by atoms with Gasteiger partial charge in [-0.15, -0.1) is 0 Å². The molecule has 3 amide bonds. The molecule has 0 aliphatic carbocycles. The molecular formula is C31H27N7O3S. The van der Waals surface area contributed by atoms with E-state index in [1.54, 1.807) is 59.3 Å². The Morgan fingerprint density at radius 2 is 1.43 bits per heavy atom. The molecule has 1 aliphatic rings. The summed E-state index contributed by atoms with van der Waals surface area (Å²) in [4.78, 5) is 51.9. The first-order valence-electron chi connectivity index (χ1n) is 13.5. The zero-order chi connectivity index (χ0) is 29.1. The van der Waals surface area contributed by atoms with Crippen molar-refractivity contribution in [3.05, 3.63) is 107 Å². The minimum atomic E-state index is -0.352. The highest BCUT2D eigenvalue weighted by Crippen LogP contribution is 2.29. The summed E-state index contributed by atoms with van der Waals surface area (Å²) in [6.45, 7) is 3.54. The number of rotatable bonds is 6. The van der Waals surface area contributed by atoms with Crippen molar-refractivity contribution in [2.24, 2.45) is 0 Å². The molecule has 3 heterocycles. The molecule has 0 radical (unpaired) electrons. The quantitative estimate of drug-likeness (QED) is 0.292. The van der Waals surface area contributed by atoms with Gasteiger partial charge in [-0.3, -0.25) is 19.4 Å². The van der Waals surface area contributed by atoms with Crippen molar-refractivity contribution in [3.63, 3.8) is 0 Å². The number of nitrogens with zero attached hydrogens (tertiary/aromatic N) is 5. The van der Waals surface area contributed by atoms with Gasteiger partial charge >= 0.3 is 0 Å². The van der Waals surface area contributed by atoms with E-state index in [0.717, 1.165) is 22.6 Å². The van der Waals surface area contributed by atoms with Gasteiger partial charge in [-0.05, 0) is 60.9 Å². The van der Waals surface area contributed by atoms with Gasteiger partial charge < -0.3 is 20.4 Å². The van der Waals surface area contributed by atoms with Crippen LogP contribution in [0.15, 0.2) is 85.1 Å². The first kappa shape index (κ1) is 27.0. The number of hydrogen-bond acceptors (Lipinski definition) is 8. The summed E-state index contributed by atoms with van der Waals surface area (Å²) in [5.74, 6) is -0.0321. The van der Waals surface area contributed by atoms with Crippen LogP contribution in [0, 0.1) is 6.92 Å². The fourth-order valence-electron chi connectivity index (χ4n) is 4.84. The van der Waals surface area contributed by atoms with Crippen LogP contribution in [0.25, 0.3) is 11.0 Å². The molecular weight excluding hydrogens is 550 g/mol. The number of nitrogens with one attached hydrogen (secondary N) is 2. The third kappa shape index (κ3) is 5.68. The monoisotopic (exact) mass is 577 g/mol. The van der Waals surface area contributed by atoms with Crippen molar-refractivity contribution in [3.8, 4) is 0 Å². The lowest BCUT2D eigenvalue weighted by Crippen LogP contribution is -2.50. The summed E-state index contributed by atoms with van der Waals surface area (Å²) in [6, 6.07) is 23.6. The van der Waals surface area contributed by atoms with Gasteiger partial charge in [0, 0.05) is 43.0 Å². The lowest BCUT2D eigenvalue weighted by molar-refractivity contribution is 0.0535. The number of aryl methyl sites for hydroxylation is 1. The van der Waals surface area contributed by atoms with Crippen molar-refractivity contribution in [2.45, 2.75) is 6.92 Å². The van der Waals surface area contributed by atoms with E-state index in [1.807, 2.05) is 42.5 Å². The SMILES string of the molecule is Cc1nsc(Nc2cnc3ccccc3n2)c1C(=O)Nc1cccc(C(=O)N2CCN(C(=O)c3ccccc3)CC2)c1. The van der Waals surface area contributed by atoms with E-state index in [2.05, 4.69) is 25.0 Å². The highest BCUT2D eigenvalue weighted by atomic mass is 32.1. The molecule has 11 heteroatoms. The van der Waals surface area contributed by atoms with Gasteiger partial charge in [-0.2, -0.15) is 4.37 Å². The molecule has 10 nitrogen and oxygen atoms in total. The van der Waals surface area contributed by atoms with Crippen LogP contribution in [0.1, 0.15) is 36.8 Å². The van der Waals surface area contributed by atoms with E-state index in [1.165, 1.54) is 0 Å². The van der Waals surface area contributed by atoms with Gasteiger partial charge in [0.1, 0.15) is 10.8 Å². The van der Waals surface area contributed by atoms with E-state index in [4.69, 9.17) is 0 Å². The average Bonchev–Trinajstić information content (AvgIpc) is 3.40. The lowest BCUT2D eigenvalue weighted by Gasteiger charge is -2.35. The Balaban J connectivity index is 1.11. The third-order valence-corrected chi connectivity index (χ3v) is 7.88. The average molecular weight is 578 g/mol. The number of para-hydroxylation sites is 2. The number of hydrogen-bond donors (Lipinski definition) is 2. The van der Waals surface area contributed by atoms with Crippen LogP contribution in [0.2, 0.25) is 0 Å². The van der Waals surface area contributed by atoms with Crippen LogP contribution in [-0.2, 0) is 0 Å². The number of piperazine rings is 1. The molecule has 5 aromatic rings. The molecule has 0 unspecified atom stereocenters. The largest absolute Gasteiger partial charge is 0.335 e. The number of carbonyl (C=O) groups is 3. The lowest BCUT2D eigenvalue weighted by atomic mass is 10.1. The predicted octanol–water partition coefficient (Wildman–Crippen LogP) is 4.99. The highest BCUT2D eigenvalue weighted by molar-refractivity contribution is 7.10. The zero-order valence-electron chi connectivity index (χ0n) is 22.8. The molecule has 0 atom stereocenters. The molecule has 210 valence electrons. The van der Waals surface area contributed by atoms with E-state index >= 15 is 0 Å². The minimum absolute atomic E-state index is 0.0351. The minimum Gasteiger partial charge on any atom is -0.335 e. The third-order valence-electron chi connectivity index (χ3n) is 7.02. The van der Waals surface area contributed by atoms with Crippen molar-refractivity contribution in [1.82, 2.24) is 24.1 Å². The molecule has 2 aromatic heterocycles. The van der Waals surface area contributed by atoms with E-state index < -0.39 is 0 Å². The number of amides is 3. The maximum absolute atomic E-state index is 13.4. The molecule has 1 aliphatic heterocycles. The standard InChI is InChI=1S/C31H27N7O3S/c1-20-27(29(42-36-20)35-26-19-32-24-12-5-6-13-25(24)34-26)28(39)33-23-11-7-10-22(18-23)31(41)38-16-14-37(15-17-38)30(40)21-8-3-2-4-9-21/h2-13,18-19H,14-17H2,1H3,(H,33,39)(H,34,35). The summed E-state index contributed by atoms with van der Waals surface area (Å²) in [6.07, 6.45) is 1.62.